The van der Waals surface area contributed by atoms with Crippen LogP contribution in [0.3, 0.4) is 0 Å². The quantitative estimate of drug-likeness (QED) is 0.747. The summed E-state index contributed by atoms with van der Waals surface area (Å²) in [5, 5.41) is 8.33. The summed E-state index contributed by atoms with van der Waals surface area (Å²) >= 11 is 0. The average molecular weight is 338 g/mol. The molecule has 1 saturated heterocycles. The Morgan fingerprint density at radius 3 is 2.64 bits per heavy atom. The molecule has 6 nitrogen and oxygen atoms in total. The molecule has 1 spiro atoms. The molecule has 25 heavy (non-hydrogen) atoms. The predicted molar refractivity (Wildman–Crippen MR) is 94.3 cm³/mol. The van der Waals surface area contributed by atoms with Gasteiger partial charge in [0.25, 0.3) is 0 Å². The lowest BCUT2D eigenvalue weighted by Gasteiger charge is -2.35. The Labute approximate surface area is 145 Å². The van der Waals surface area contributed by atoms with E-state index in [1.54, 1.807) is 0 Å². The average Bonchev–Trinajstić information content (AvgIpc) is 3.35. The second-order valence-electron chi connectivity index (χ2n) is 7.16. The topological polar surface area (TPSA) is 75.8 Å². The number of nitrogens with one attached hydrogen (secondary N) is 2. The van der Waals surface area contributed by atoms with Gasteiger partial charge in [-0.1, -0.05) is 0 Å². The zero-order valence-corrected chi connectivity index (χ0v) is 14.3. The molecular weight excluding hydrogens is 316 g/mol. The Bertz CT molecular complexity index is 897. The molecule has 5 rings (SSSR count). The third-order valence-corrected chi connectivity index (χ3v) is 5.70. The van der Waals surface area contributed by atoms with E-state index >= 15 is 0 Å². The molecule has 0 aromatic carbocycles. The maximum Gasteiger partial charge on any atom is 0.168 e. The molecule has 2 aliphatic rings. The molecule has 0 atom stereocenters. The minimum absolute atomic E-state index is 0.304. The van der Waals surface area contributed by atoms with E-state index in [9.17, 15) is 0 Å². The van der Waals surface area contributed by atoms with Gasteiger partial charge in [-0.15, -0.1) is 0 Å². The van der Waals surface area contributed by atoms with Crippen LogP contribution in [0.2, 0.25) is 0 Å². The van der Waals surface area contributed by atoms with Crippen LogP contribution in [0.15, 0.2) is 24.7 Å². The Morgan fingerprint density at radius 2 is 1.92 bits per heavy atom. The first kappa shape index (κ1) is 15.1. The van der Waals surface area contributed by atoms with Gasteiger partial charge in [0.05, 0.1) is 19.4 Å². The molecule has 0 radical (unpaired) electrons. The van der Waals surface area contributed by atoms with Crippen molar-refractivity contribution in [2.75, 3.05) is 13.2 Å². The van der Waals surface area contributed by atoms with Gasteiger partial charge in [-0.2, -0.15) is 5.10 Å². The van der Waals surface area contributed by atoms with Crippen molar-refractivity contribution >= 4 is 11.0 Å². The fourth-order valence-electron chi connectivity index (χ4n) is 4.26. The Hall–Kier alpha value is -2.18. The number of aromatic nitrogens is 4. The summed E-state index contributed by atoms with van der Waals surface area (Å²) in [5.74, 6) is 0.213. The van der Waals surface area contributed by atoms with Crippen LogP contribution in [0.1, 0.15) is 42.9 Å². The van der Waals surface area contributed by atoms with E-state index in [4.69, 9.17) is 9.47 Å². The van der Waals surface area contributed by atoms with Crippen molar-refractivity contribution < 1.29 is 9.47 Å². The van der Waals surface area contributed by atoms with Gasteiger partial charge < -0.3 is 14.5 Å². The standard InChI is InChI=1S/C19H22N4O2/c1-12-16(11-22-23-12)17-10-21-18-15(17)8-14(9-20-18)13-2-4-19(5-3-13)24-6-7-25-19/h8-11,13H,2-7H2,1H3,(H,20,21)(H,22,23). The van der Waals surface area contributed by atoms with Crippen molar-refractivity contribution in [2.24, 2.45) is 0 Å². The summed E-state index contributed by atoms with van der Waals surface area (Å²) in [6.45, 7) is 3.50. The van der Waals surface area contributed by atoms with Crippen molar-refractivity contribution in [1.29, 1.82) is 0 Å². The predicted octanol–water partition coefficient (Wildman–Crippen LogP) is 3.66. The summed E-state index contributed by atoms with van der Waals surface area (Å²) in [6, 6.07) is 2.29. The first-order chi connectivity index (χ1) is 12.2. The third kappa shape index (κ3) is 2.48. The molecule has 130 valence electrons. The van der Waals surface area contributed by atoms with E-state index in [0.29, 0.717) is 5.92 Å². The van der Waals surface area contributed by atoms with Crippen LogP contribution >= 0.6 is 0 Å². The highest BCUT2D eigenvalue weighted by atomic mass is 16.7. The molecule has 0 bridgehead atoms. The molecule has 4 heterocycles. The Morgan fingerprint density at radius 1 is 1.12 bits per heavy atom. The third-order valence-electron chi connectivity index (χ3n) is 5.70. The van der Waals surface area contributed by atoms with Crippen LogP contribution in [0.4, 0.5) is 0 Å². The molecule has 2 fully saturated rings. The van der Waals surface area contributed by atoms with Gasteiger partial charge >= 0.3 is 0 Å². The molecule has 0 unspecified atom stereocenters. The smallest absolute Gasteiger partial charge is 0.168 e. The number of hydrogen-bond donors (Lipinski definition) is 2. The highest BCUT2D eigenvalue weighted by Crippen LogP contribution is 2.43. The van der Waals surface area contributed by atoms with Gasteiger partial charge in [0.15, 0.2) is 5.79 Å². The number of hydrogen-bond acceptors (Lipinski definition) is 4. The van der Waals surface area contributed by atoms with E-state index in [0.717, 1.165) is 66.8 Å². The number of pyridine rings is 1. The molecule has 1 saturated carbocycles. The van der Waals surface area contributed by atoms with Crippen molar-refractivity contribution in [2.45, 2.75) is 44.3 Å². The van der Waals surface area contributed by atoms with Crippen molar-refractivity contribution in [3.63, 3.8) is 0 Å². The first-order valence-electron chi connectivity index (χ1n) is 8.99. The molecule has 6 heteroatoms. The van der Waals surface area contributed by atoms with Crippen molar-refractivity contribution in [3.8, 4) is 11.1 Å². The molecule has 1 aliphatic carbocycles. The maximum absolute atomic E-state index is 5.85. The molecule has 2 N–H and O–H groups in total. The summed E-state index contributed by atoms with van der Waals surface area (Å²) in [7, 11) is 0. The lowest BCUT2D eigenvalue weighted by atomic mass is 9.81. The summed E-state index contributed by atoms with van der Waals surface area (Å²) in [4.78, 5) is 7.94. The molecule has 3 aromatic rings. The van der Waals surface area contributed by atoms with Crippen LogP contribution in [-0.4, -0.2) is 39.2 Å². The van der Waals surface area contributed by atoms with Crippen LogP contribution in [0.5, 0.6) is 0 Å². The number of H-pyrrole nitrogens is 2. The second-order valence-corrected chi connectivity index (χ2v) is 7.16. The molecule has 1 aliphatic heterocycles. The Kier molecular flexibility index (Phi) is 3.43. The zero-order valence-electron chi connectivity index (χ0n) is 14.3. The zero-order chi connectivity index (χ0) is 16.9. The Balaban J connectivity index is 1.46. The maximum atomic E-state index is 5.85. The van der Waals surface area contributed by atoms with Crippen molar-refractivity contribution in [3.05, 3.63) is 35.9 Å². The molecule has 3 aromatic heterocycles. The fourth-order valence-corrected chi connectivity index (χ4v) is 4.26. The van der Waals surface area contributed by atoms with Gasteiger partial charge in [0.1, 0.15) is 5.65 Å². The molecular formula is C19H22N4O2. The minimum Gasteiger partial charge on any atom is -0.348 e. The van der Waals surface area contributed by atoms with Gasteiger partial charge in [-0.05, 0) is 37.3 Å². The van der Waals surface area contributed by atoms with Crippen LogP contribution in [0, 0.1) is 6.92 Å². The largest absolute Gasteiger partial charge is 0.348 e. The van der Waals surface area contributed by atoms with Crippen molar-refractivity contribution in [1.82, 2.24) is 20.2 Å². The van der Waals surface area contributed by atoms with Crippen LogP contribution < -0.4 is 0 Å². The van der Waals surface area contributed by atoms with E-state index in [1.807, 2.05) is 25.5 Å². The molecule has 0 amide bonds. The van der Waals surface area contributed by atoms with Gasteiger partial charge in [0.2, 0.25) is 0 Å². The highest BCUT2D eigenvalue weighted by Gasteiger charge is 2.40. The lowest BCUT2D eigenvalue weighted by molar-refractivity contribution is -0.178. The fraction of sp³-hybridized carbons (Fsp3) is 0.474. The number of ether oxygens (including phenoxy) is 2. The highest BCUT2D eigenvalue weighted by molar-refractivity contribution is 5.94. The number of nitrogens with zero attached hydrogens (tertiary/aromatic N) is 2. The number of aromatic amines is 2. The van der Waals surface area contributed by atoms with Crippen LogP contribution in [0.25, 0.3) is 22.2 Å². The summed E-state index contributed by atoms with van der Waals surface area (Å²) < 4.78 is 11.7. The second kappa shape index (κ2) is 5.68. The number of rotatable bonds is 2. The first-order valence-corrected chi connectivity index (χ1v) is 8.99. The summed E-state index contributed by atoms with van der Waals surface area (Å²) in [6.07, 6.45) is 10.0. The van der Waals surface area contributed by atoms with Gasteiger partial charge in [0, 0.05) is 47.4 Å². The van der Waals surface area contributed by atoms with E-state index < -0.39 is 0 Å². The normalized spacial score (nSPS) is 20.7. The van der Waals surface area contributed by atoms with E-state index in [-0.39, 0.29) is 5.79 Å². The van der Waals surface area contributed by atoms with Gasteiger partial charge in [-0.25, -0.2) is 4.98 Å². The van der Waals surface area contributed by atoms with Crippen LogP contribution in [-0.2, 0) is 9.47 Å². The number of fused-ring (bicyclic) bond motifs is 1. The minimum atomic E-state index is -0.304. The van der Waals surface area contributed by atoms with Gasteiger partial charge in [-0.3, -0.25) is 5.10 Å². The monoisotopic (exact) mass is 338 g/mol. The SMILES string of the molecule is Cc1[nH]ncc1-c1c[nH]c2ncc(C3CCC4(CC3)OCCO4)cc12. The lowest BCUT2D eigenvalue weighted by Crippen LogP contribution is -2.34. The van der Waals surface area contributed by atoms with E-state index in [2.05, 4.69) is 26.2 Å². The number of aryl methyl sites for hydroxylation is 1. The van der Waals surface area contributed by atoms with E-state index in [1.165, 1.54) is 5.56 Å². The summed E-state index contributed by atoms with van der Waals surface area (Å²) in [5.41, 5.74) is 5.59.